The molecule has 0 aliphatic heterocycles. The summed E-state index contributed by atoms with van der Waals surface area (Å²) in [4.78, 5) is 13.1. The van der Waals surface area contributed by atoms with Gasteiger partial charge in [0, 0.05) is 27.5 Å². The van der Waals surface area contributed by atoms with E-state index in [9.17, 15) is 4.79 Å². The average Bonchev–Trinajstić information content (AvgIpc) is 2.97. The Morgan fingerprint density at radius 3 is 2.64 bits per heavy atom. The molecule has 128 valence electrons. The molecule has 0 fully saturated rings. The topological polar surface area (TPSA) is 73.3 Å². The molecule has 6 heteroatoms. The molecule has 0 aliphatic carbocycles. The van der Waals surface area contributed by atoms with Crippen LogP contribution in [0, 0.1) is 0 Å². The van der Waals surface area contributed by atoms with E-state index in [2.05, 4.69) is 37.2 Å². The second kappa shape index (κ2) is 6.72. The molecule has 0 saturated heterocycles. The van der Waals surface area contributed by atoms with E-state index in [4.69, 9.17) is 5.73 Å². The number of amides is 1. The van der Waals surface area contributed by atoms with E-state index in [1.807, 2.05) is 40.8 Å². The Bertz CT molecular complexity index is 953. The highest BCUT2D eigenvalue weighted by Gasteiger charge is 2.20. The number of fused-ring (bicyclic) bond motifs is 1. The Balaban J connectivity index is 1.98. The largest absolute Gasteiger partial charge is 0.366 e. The van der Waals surface area contributed by atoms with Crippen molar-refractivity contribution in [3.8, 4) is 0 Å². The van der Waals surface area contributed by atoms with Crippen molar-refractivity contribution in [2.75, 3.05) is 0 Å². The van der Waals surface area contributed by atoms with E-state index in [1.54, 1.807) is 17.8 Å². The predicted molar refractivity (Wildman–Crippen MR) is 100 cm³/mol. The van der Waals surface area contributed by atoms with Crippen LogP contribution in [0.15, 0.2) is 58.5 Å². The Kier molecular flexibility index (Phi) is 4.63. The minimum Gasteiger partial charge on any atom is -0.366 e. The van der Waals surface area contributed by atoms with Crippen LogP contribution in [0.2, 0.25) is 0 Å². The summed E-state index contributed by atoms with van der Waals surface area (Å²) in [5.74, 6) is 0.465. The maximum atomic E-state index is 11.0. The Morgan fingerprint density at radius 2 is 1.92 bits per heavy atom. The molecule has 0 saturated carbocycles. The SMILES string of the molecule is CC(C)(C)c1nnc2ccc(Sc3ccccc3C=CC(N)=O)cn12. The molecule has 1 aromatic carbocycles. The number of benzene rings is 1. The molecule has 0 aliphatic rings. The molecule has 3 aromatic rings. The second-order valence-electron chi connectivity index (χ2n) is 6.74. The summed E-state index contributed by atoms with van der Waals surface area (Å²) in [6.45, 7) is 6.35. The Labute approximate surface area is 151 Å². The van der Waals surface area contributed by atoms with Crippen molar-refractivity contribution in [1.82, 2.24) is 14.6 Å². The third-order valence-corrected chi connectivity index (χ3v) is 4.69. The predicted octanol–water partition coefficient (Wildman–Crippen LogP) is 3.68. The third-order valence-electron chi connectivity index (χ3n) is 3.62. The maximum absolute atomic E-state index is 11.0. The molecular weight excluding hydrogens is 332 g/mol. The van der Waals surface area contributed by atoms with E-state index in [-0.39, 0.29) is 5.41 Å². The lowest BCUT2D eigenvalue weighted by molar-refractivity contribution is -0.113. The zero-order chi connectivity index (χ0) is 18.0. The normalized spacial score (nSPS) is 12.1. The van der Waals surface area contributed by atoms with Gasteiger partial charge in [0.05, 0.1) is 0 Å². The number of aromatic nitrogens is 3. The van der Waals surface area contributed by atoms with Gasteiger partial charge < -0.3 is 5.73 Å². The van der Waals surface area contributed by atoms with Crippen molar-refractivity contribution in [2.45, 2.75) is 36.0 Å². The van der Waals surface area contributed by atoms with Crippen LogP contribution in [-0.2, 0) is 10.2 Å². The molecule has 3 rings (SSSR count). The monoisotopic (exact) mass is 352 g/mol. The van der Waals surface area contributed by atoms with Gasteiger partial charge in [-0.05, 0) is 29.8 Å². The number of hydrogen-bond acceptors (Lipinski definition) is 4. The standard InChI is InChI=1S/C19H20N4OS/c1-19(2,3)18-22-21-17-11-9-14(12-23(17)18)25-15-7-5-4-6-13(15)8-10-16(20)24/h4-12H,1-3H3,(H2,20,24). The number of rotatable bonds is 4. The number of hydrogen-bond donors (Lipinski definition) is 1. The van der Waals surface area contributed by atoms with Gasteiger partial charge in [-0.15, -0.1) is 10.2 Å². The van der Waals surface area contributed by atoms with Gasteiger partial charge in [-0.3, -0.25) is 9.20 Å². The first-order valence-electron chi connectivity index (χ1n) is 7.94. The lowest BCUT2D eigenvalue weighted by Gasteiger charge is -2.16. The molecule has 2 heterocycles. The summed E-state index contributed by atoms with van der Waals surface area (Å²) in [6, 6.07) is 11.9. The number of carbonyl (C=O) groups is 1. The molecule has 0 spiro atoms. The third kappa shape index (κ3) is 3.91. The zero-order valence-electron chi connectivity index (χ0n) is 14.4. The van der Waals surface area contributed by atoms with Crippen molar-refractivity contribution >= 4 is 29.4 Å². The highest BCUT2D eigenvalue weighted by Crippen LogP contribution is 2.32. The van der Waals surface area contributed by atoms with Gasteiger partial charge in [0.2, 0.25) is 5.91 Å². The van der Waals surface area contributed by atoms with Crippen molar-refractivity contribution in [3.05, 3.63) is 60.1 Å². The maximum Gasteiger partial charge on any atom is 0.241 e. The first-order valence-corrected chi connectivity index (χ1v) is 8.76. The highest BCUT2D eigenvalue weighted by atomic mass is 32.2. The summed E-state index contributed by atoms with van der Waals surface area (Å²) in [5.41, 5.74) is 6.89. The van der Waals surface area contributed by atoms with Gasteiger partial charge in [-0.2, -0.15) is 0 Å². The van der Waals surface area contributed by atoms with E-state index < -0.39 is 5.91 Å². The fourth-order valence-electron chi connectivity index (χ4n) is 2.45. The number of nitrogens with zero attached hydrogens (tertiary/aromatic N) is 3. The molecule has 0 bridgehead atoms. The van der Waals surface area contributed by atoms with Crippen molar-refractivity contribution in [1.29, 1.82) is 0 Å². The smallest absolute Gasteiger partial charge is 0.241 e. The van der Waals surface area contributed by atoms with Crippen LogP contribution < -0.4 is 5.73 Å². The van der Waals surface area contributed by atoms with Crippen molar-refractivity contribution < 1.29 is 4.79 Å². The van der Waals surface area contributed by atoms with Crippen LogP contribution in [0.3, 0.4) is 0 Å². The number of pyridine rings is 1. The summed E-state index contributed by atoms with van der Waals surface area (Å²) >= 11 is 1.62. The zero-order valence-corrected chi connectivity index (χ0v) is 15.2. The summed E-state index contributed by atoms with van der Waals surface area (Å²) < 4.78 is 2.03. The fraction of sp³-hybridized carbons (Fsp3) is 0.211. The van der Waals surface area contributed by atoms with Gasteiger partial charge >= 0.3 is 0 Å². The van der Waals surface area contributed by atoms with Crippen molar-refractivity contribution in [2.24, 2.45) is 5.73 Å². The number of nitrogens with two attached hydrogens (primary N) is 1. The highest BCUT2D eigenvalue weighted by molar-refractivity contribution is 7.99. The molecule has 0 unspecified atom stereocenters. The van der Waals surface area contributed by atoms with Gasteiger partial charge in [0.1, 0.15) is 5.82 Å². The van der Waals surface area contributed by atoms with E-state index >= 15 is 0 Å². The molecular formula is C19H20N4OS. The molecule has 1 amide bonds. The lowest BCUT2D eigenvalue weighted by atomic mass is 9.96. The van der Waals surface area contributed by atoms with Crippen LogP contribution in [0.5, 0.6) is 0 Å². The summed E-state index contributed by atoms with van der Waals surface area (Å²) in [5, 5.41) is 8.56. The van der Waals surface area contributed by atoms with Gasteiger partial charge in [0.15, 0.2) is 5.65 Å². The first kappa shape index (κ1) is 17.2. The summed E-state index contributed by atoms with van der Waals surface area (Å²) in [6.07, 6.45) is 5.16. The van der Waals surface area contributed by atoms with Crippen LogP contribution in [0.4, 0.5) is 0 Å². The van der Waals surface area contributed by atoms with Crippen LogP contribution in [-0.4, -0.2) is 20.5 Å². The van der Waals surface area contributed by atoms with E-state index in [1.165, 1.54) is 6.08 Å². The molecule has 5 nitrogen and oxygen atoms in total. The average molecular weight is 352 g/mol. The minimum absolute atomic E-state index is 0.0924. The first-order chi connectivity index (χ1) is 11.8. The molecule has 2 aromatic heterocycles. The molecule has 0 radical (unpaired) electrons. The van der Waals surface area contributed by atoms with Crippen molar-refractivity contribution in [3.63, 3.8) is 0 Å². The molecule has 0 atom stereocenters. The van der Waals surface area contributed by atoms with Crippen LogP contribution in [0.25, 0.3) is 11.7 Å². The number of primary amides is 1. The lowest BCUT2D eigenvalue weighted by Crippen LogP contribution is -2.15. The number of carbonyl (C=O) groups excluding carboxylic acids is 1. The van der Waals surface area contributed by atoms with Gasteiger partial charge in [-0.25, -0.2) is 0 Å². The minimum atomic E-state index is -0.458. The summed E-state index contributed by atoms with van der Waals surface area (Å²) in [7, 11) is 0. The Morgan fingerprint density at radius 1 is 1.16 bits per heavy atom. The van der Waals surface area contributed by atoms with Gasteiger partial charge in [0.25, 0.3) is 0 Å². The Hall–Kier alpha value is -2.60. The second-order valence-corrected chi connectivity index (χ2v) is 7.86. The van der Waals surface area contributed by atoms with Crippen LogP contribution in [0.1, 0.15) is 32.2 Å². The molecule has 2 N–H and O–H groups in total. The quantitative estimate of drug-likeness (QED) is 0.727. The molecule has 25 heavy (non-hydrogen) atoms. The van der Waals surface area contributed by atoms with E-state index in [0.29, 0.717) is 0 Å². The van der Waals surface area contributed by atoms with Crippen LogP contribution >= 0.6 is 11.8 Å². The fourth-order valence-corrected chi connectivity index (χ4v) is 3.40. The van der Waals surface area contributed by atoms with Gasteiger partial charge in [-0.1, -0.05) is 50.7 Å². The van der Waals surface area contributed by atoms with E-state index in [0.717, 1.165) is 26.8 Å².